The highest BCUT2D eigenvalue weighted by Gasteiger charge is 2.21. The van der Waals surface area contributed by atoms with E-state index in [2.05, 4.69) is 5.32 Å². The maximum absolute atomic E-state index is 13.0. The van der Waals surface area contributed by atoms with Crippen molar-refractivity contribution in [3.8, 4) is 0 Å². The van der Waals surface area contributed by atoms with Crippen LogP contribution in [-0.4, -0.2) is 9.55 Å². The van der Waals surface area contributed by atoms with Crippen molar-refractivity contribution >= 4 is 27.5 Å². The van der Waals surface area contributed by atoms with Crippen LogP contribution >= 0.6 is 11.3 Å². The lowest BCUT2D eigenvalue weighted by atomic mass is 9.97. The van der Waals surface area contributed by atoms with E-state index in [0.29, 0.717) is 19.0 Å². The molecule has 0 saturated carbocycles. The fourth-order valence-corrected chi connectivity index (χ4v) is 4.66. The molecule has 1 N–H and O–H groups in total. The van der Waals surface area contributed by atoms with Gasteiger partial charge in [-0.15, -0.1) is 11.3 Å². The number of rotatable bonds is 4. The second-order valence-corrected chi connectivity index (χ2v) is 7.33. The third-order valence-electron chi connectivity index (χ3n) is 4.61. The molecule has 24 heavy (non-hydrogen) atoms. The fourth-order valence-electron chi connectivity index (χ4n) is 3.41. The van der Waals surface area contributed by atoms with Gasteiger partial charge >= 0.3 is 0 Å². The van der Waals surface area contributed by atoms with E-state index in [1.54, 1.807) is 15.9 Å². The van der Waals surface area contributed by atoms with Crippen molar-refractivity contribution in [2.75, 3.05) is 5.32 Å². The first-order valence-electron chi connectivity index (χ1n) is 8.51. The summed E-state index contributed by atoms with van der Waals surface area (Å²) in [6.45, 7) is 5.03. The summed E-state index contributed by atoms with van der Waals surface area (Å²) in [4.78, 5) is 20.0. The van der Waals surface area contributed by atoms with Crippen molar-refractivity contribution in [1.82, 2.24) is 9.55 Å². The first-order valence-corrected chi connectivity index (χ1v) is 9.33. The molecule has 3 heterocycles. The van der Waals surface area contributed by atoms with Crippen molar-refractivity contribution < 1.29 is 4.42 Å². The molecule has 126 valence electrons. The van der Waals surface area contributed by atoms with Crippen molar-refractivity contribution in [3.05, 3.63) is 44.4 Å². The number of thiophene rings is 1. The monoisotopic (exact) mass is 343 g/mol. The van der Waals surface area contributed by atoms with Gasteiger partial charge in [0, 0.05) is 11.4 Å². The summed E-state index contributed by atoms with van der Waals surface area (Å²) in [7, 11) is 0. The predicted octanol–water partition coefficient (Wildman–Crippen LogP) is 3.87. The number of nitrogens with zero attached hydrogens (tertiary/aromatic N) is 2. The summed E-state index contributed by atoms with van der Waals surface area (Å²) in [6, 6.07) is 3.88. The molecule has 3 aromatic heterocycles. The minimum atomic E-state index is 0.0834. The van der Waals surface area contributed by atoms with Crippen molar-refractivity contribution in [2.24, 2.45) is 0 Å². The van der Waals surface area contributed by atoms with Gasteiger partial charge in [0.2, 0.25) is 5.95 Å². The SMILES string of the molecule is CCn1c(NCc2ccc(C)o2)nc2sc3c(c2c1=O)CCCC3. The van der Waals surface area contributed by atoms with E-state index in [-0.39, 0.29) is 5.56 Å². The minimum Gasteiger partial charge on any atom is -0.465 e. The largest absolute Gasteiger partial charge is 0.465 e. The number of aryl methyl sites for hydroxylation is 3. The van der Waals surface area contributed by atoms with Crippen LogP contribution in [0.25, 0.3) is 10.2 Å². The molecule has 0 unspecified atom stereocenters. The van der Waals surface area contributed by atoms with Crippen LogP contribution in [0.1, 0.15) is 41.7 Å². The molecule has 0 bridgehead atoms. The number of aromatic nitrogens is 2. The smallest absolute Gasteiger partial charge is 0.263 e. The number of hydrogen-bond donors (Lipinski definition) is 1. The van der Waals surface area contributed by atoms with Crippen LogP contribution in [0.5, 0.6) is 0 Å². The van der Waals surface area contributed by atoms with Crippen LogP contribution in [0, 0.1) is 6.92 Å². The summed E-state index contributed by atoms with van der Waals surface area (Å²) in [6.07, 6.45) is 4.47. The van der Waals surface area contributed by atoms with Crippen LogP contribution in [0.4, 0.5) is 5.95 Å². The number of anilines is 1. The quantitative estimate of drug-likeness (QED) is 0.781. The zero-order valence-electron chi connectivity index (χ0n) is 14.0. The lowest BCUT2D eigenvalue weighted by molar-refractivity contribution is 0.489. The van der Waals surface area contributed by atoms with E-state index in [1.165, 1.54) is 23.3 Å². The summed E-state index contributed by atoms with van der Waals surface area (Å²) >= 11 is 1.69. The van der Waals surface area contributed by atoms with Gasteiger partial charge in [-0.2, -0.15) is 0 Å². The Morgan fingerprint density at radius 2 is 2.17 bits per heavy atom. The van der Waals surface area contributed by atoms with Gasteiger partial charge in [0.25, 0.3) is 5.56 Å². The lowest BCUT2D eigenvalue weighted by Gasteiger charge is -2.13. The number of furan rings is 1. The van der Waals surface area contributed by atoms with Gasteiger partial charge in [0.15, 0.2) is 0 Å². The van der Waals surface area contributed by atoms with Crippen LogP contribution < -0.4 is 10.9 Å². The molecular weight excluding hydrogens is 322 g/mol. The zero-order chi connectivity index (χ0) is 16.7. The van der Waals surface area contributed by atoms with Gasteiger partial charge in [0.05, 0.1) is 11.9 Å². The Bertz CT molecular complexity index is 951. The third-order valence-corrected chi connectivity index (χ3v) is 5.79. The molecule has 0 saturated heterocycles. The van der Waals surface area contributed by atoms with Crippen LogP contribution in [0.2, 0.25) is 0 Å². The summed E-state index contributed by atoms with van der Waals surface area (Å²) in [5.41, 5.74) is 1.33. The Morgan fingerprint density at radius 1 is 1.33 bits per heavy atom. The second-order valence-electron chi connectivity index (χ2n) is 6.24. The Morgan fingerprint density at radius 3 is 2.92 bits per heavy atom. The molecule has 0 fully saturated rings. The second kappa shape index (κ2) is 6.09. The molecule has 0 aromatic carbocycles. The van der Waals surface area contributed by atoms with Crippen LogP contribution in [0.3, 0.4) is 0 Å². The van der Waals surface area contributed by atoms with E-state index < -0.39 is 0 Å². The van der Waals surface area contributed by atoms with Gasteiger partial charge in [-0.25, -0.2) is 4.98 Å². The Kier molecular flexibility index (Phi) is 3.92. The lowest BCUT2D eigenvalue weighted by Crippen LogP contribution is -2.24. The Labute approximate surface area is 144 Å². The van der Waals surface area contributed by atoms with Crippen LogP contribution in [0.15, 0.2) is 21.3 Å². The van der Waals surface area contributed by atoms with Gasteiger partial charge in [-0.05, 0) is 57.2 Å². The highest BCUT2D eigenvalue weighted by Crippen LogP contribution is 2.34. The van der Waals surface area contributed by atoms with E-state index >= 15 is 0 Å². The molecule has 0 amide bonds. The maximum atomic E-state index is 13.0. The summed E-state index contributed by atoms with van der Waals surface area (Å²) < 4.78 is 7.32. The number of nitrogens with one attached hydrogen (secondary N) is 1. The van der Waals surface area contributed by atoms with E-state index in [9.17, 15) is 4.79 Å². The van der Waals surface area contributed by atoms with Crippen LogP contribution in [-0.2, 0) is 25.9 Å². The average Bonchev–Trinajstić information content (AvgIpc) is 3.16. The summed E-state index contributed by atoms with van der Waals surface area (Å²) in [5.74, 6) is 2.35. The summed E-state index contributed by atoms with van der Waals surface area (Å²) in [5, 5.41) is 4.12. The molecule has 0 atom stereocenters. The Balaban J connectivity index is 1.76. The molecule has 6 heteroatoms. The first kappa shape index (κ1) is 15.4. The topological polar surface area (TPSA) is 60.1 Å². The molecule has 1 aliphatic rings. The molecule has 1 aliphatic carbocycles. The van der Waals surface area contributed by atoms with Gasteiger partial charge in [-0.1, -0.05) is 0 Å². The first-order chi connectivity index (χ1) is 11.7. The Hall–Kier alpha value is -2.08. The van der Waals surface area contributed by atoms with E-state index in [1.807, 2.05) is 26.0 Å². The molecular formula is C18H21N3O2S. The molecule has 3 aromatic rings. The van der Waals surface area contributed by atoms with Crippen molar-refractivity contribution in [1.29, 1.82) is 0 Å². The standard InChI is InChI=1S/C18H21N3O2S/c1-3-21-17(22)15-13-6-4-5-7-14(13)24-16(15)20-18(21)19-10-12-9-8-11(2)23-12/h8-9H,3-7,10H2,1-2H3,(H,19,20). The predicted molar refractivity (Wildman–Crippen MR) is 97.0 cm³/mol. The van der Waals surface area contributed by atoms with Gasteiger partial charge < -0.3 is 9.73 Å². The number of hydrogen-bond acceptors (Lipinski definition) is 5. The molecule has 0 spiro atoms. The minimum absolute atomic E-state index is 0.0834. The van der Waals surface area contributed by atoms with Gasteiger partial charge in [0.1, 0.15) is 16.4 Å². The normalized spacial score (nSPS) is 14.1. The highest BCUT2D eigenvalue weighted by molar-refractivity contribution is 7.18. The van der Waals surface area contributed by atoms with Crippen molar-refractivity contribution in [2.45, 2.75) is 52.6 Å². The molecule has 0 radical (unpaired) electrons. The zero-order valence-corrected chi connectivity index (χ0v) is 14.8. The maximum Gasteiger partial charge on any atom is 0.263 e. The fraction of sp³-hybridized carbons (Fsp3) is 0.444. The third kappa shape index (κ3) is 2.55. The van der Waals surface area contributed by atoms with Gasteiger partial charge in [-0.3, -0.25) is 9.36 Å². The molecule has 4 rings (SSSR count). The van der Waals surface area contributed by atoms with E-state index in [4.69, 9.17) is 9.40 Å². The average molecular weight is 343 g/mol. The highest BCUT2D eigenvalue weighted by atomic mass is 32.1. The molecule has 5 nitrogen and oxygen atoms in total. The molecule has 0 aliphatic heterocycles. The number of fused-ring (bicyclic) bond motifs is 3. The van der Waals surface area contributed by atoms with E-state index in [0.717, 1.165) is 34.6 Å². The van der Waals surface area contributed by atoms with Crippen molar-refractivity contribution in [3.63, 3.8) is 0 Å².